The smallest absolute Gasteiger partial charge is 0.0162 e. The van der Waals surface area contributed by atoms with Gasteiger partial charge in [-0.3, -0.25) is 0 Å². The van der Waals surface area contributed by atoms with Crippen LogP contribution in [0, 0.1) is 6.92 Å². The minimum absolute atomic E-state index is 0.806. The van der Waals surface area contributed by atoms with Crippen LogP contribution in [-0.2, 0) is 0 Å². The summed E-state index contributed by atoms with van der Waals surface area (Å²) < 4.78 is 0. The lowest BCUT2D eigenvalue weighted by Crippen LogP contribution is -2.04. The van der Waals surface area contributed by atoms with Crippen LogP contribution >= 0.6 is 0 Å². The fourth-order valence-electron chi connectivity index (χ4n) is 3.13. The van der Waals surface area contributed by atoms with Gasteiger partial charge in [0.2, 0.25) is 0 Å². The van der Waals surface area contributed by atoms with Crippen molar-refractivity contribution >= 4 is 0 Å². The first-order valence-electron chi connectivity index (χ1n) is 9.50. The number of hydrogen-bond acceptors (Lipinski definition) is 0. The van der Waals surface area contributed by atoms with Gasteiger partial charge in [0, 0.05) is 0 Å². The van der Waals surface area contributed by atoms with Crippen molar-refractivity contribution in [2.24, 2.45) is 0 Å². The van der Waals surface area contributed by atoms with Crippen LogP contribution in [0.4, 0.5) is 0 Å². The van der Waals surface area contributed by atoms with Crippen molar-refractivity contribution in [2.75, 3.05) is 0 Å². The van der Waals surface area contributed by atoms with Gasteiger partial charge in [0.05, 0.1) is 0 Å². The molecule has 1 fully saturated rings. The molecule has 0 unspecified atom stereocenters. The van der Waals surface area contributed by atoms with Crippen LogP contribution < -0.4 is 0 Å². The third-order valence-electron chi connectivity index (χ3n) is 4.37. The van der Waals surface area contributed by atoms with Crippen LogP contribution in [0.2, 0.25) is 0 Å². The zero-order valence-electron chi connectivity index (χ0n) is 15.7. The van der Waals surface area contributed by atoms with E-state index in [9.17, 15) is 0 Å². The lowest BCUT2D eigenvalue weighted by atomic mass is 9.84. The second-order valence-electron chi connectivity index (χ2n) is 5.82. The highest BCUT2D eigenvalue weighted by molar-refractivity contribution is 5.64. The predicted octanol–water partition coefficient (Wildman–Crippen LogP) is 7.76. The zero-order chi connectivity index (χ0) is 17.1. The lowest BCUT2D eigenvalue weighted by Gasteiger charge is -2.22. The molecule has 0 nitrogen and oxygen atoms in total. The van der Waals surface area contributed by atoms with Crippen LogP contribution in [-0.4, -0.2) is 0 Å². The van der Waals surface area contributed by atoms with E-state index in [1.807, 2.05) is 27.7 Å². The largest absolute Gasteiger partial charge is 0.0683 e. The summed E-state index contributed by atoms with van der Waals surface area (Å²) in [6.07, 6.45) is 7.00. The Labute approximate surface area is 144 Å². The molecule has 0 N–H and O–H groups in total. The fraction of sp³-hybridized carbons (Fsp3) is 0.478. The van der Waals surface area contributed by atoms with Crippen LogP contribution in [0.3, 0.4) is 0 Å². The molecule has 0 amide bonds. The van der Waals surface area contributed by atoms with Crippen LogP contribution in [0.1, 0.15) is 76.8 Å². The molecule has 0 atom stereocenters. The van der Waals surface area contributed by atoms with Crippen molar-refractivity contribution in [1.82, 2.24) is 0 Å². The number of benzene rings is 2. The van der Waals surface area contributed by atoms with Crippen molar-refractivity contribution in [2.45, 2.75) is 72.6 Å². The molecule has 0 heterocycles. The van der Waals surface area contributed by atoms with E-state index in [4.69, 9.17) is 0 Å². The van der Waals surface area contributed by atoms with Gasteiger partial charge >= 0.3 is 0 Å². The Kier molecular flexibility index (Phi) is 9.36. The number of hydrogen-bond donors (Lipinski definition) is 0. The van der Waals surface area contributed by atoms with Crippen LogP contribution in [0.25, 0.3) is 11.1 Å². The normalized spacial score (nSPS) is 14.1. The summed E-state index contributed by atoms with van der Waals surface area (Å²) in [5, 5.41) is 0. The van der Waals surface area contributed by atoms with Gasteiger partial charge in [-0.25, -0.2) is 0 Å². The quantitative estimate of drug-likeness (QED) is 0.531. The van der Waals surface area contributed by atoms with Crippen molar-refractivity contribution < 1.29 is 0 Å². The topological polar surface area (TPSA) is 0 Å². The van der Waals surface area contributed by atoms with E-state index in [1.165, 1.54) is 54.4 Å². The van der Waals surface area contributed by atoms with E-state index in [-0.39, 0.29) is 0 Å². The van der Waals surface area contributed by atoms with Crippen molar-refractivity contribution in [1.29, 1.82) is 0 Å². The van der Waals surface area contributed by atoms with Crippen LogP contribution in [0.15, 0.2) is 48.5 Å². The Morgan fingerprint density at radius 2 is 1.04 bits per heavy atom. The maximum Gasteiger partial charge on any atom is -0.0162 e. The number of rotatable bonds is 2. The van der Waals surface area contributed by atoms with Gasteiger partial charge in [-0.05, 0) is 42.4 Å². The molecule has 0 aromatic heterocycles. The Balaban J connectivity index is 0.000000615. The van der Waals surface area contributed by atoms with Gasteiger partial charge < -0.3 is 0 Å². The molecule has 0 bridgehead atoms. The minimum Gasteiger partial charge on any atom is -0.0683 e. The second-order valence-corrected chi connectivity index (χ2v) is 5.82. The minimum atomic E-state index is 0.806. The first-order valence-corrected chi connectivity index (χ1v) is 9.50. The molecule has 2 aromatic carbocycles. The summed E-state index contributed by atoms with van der Waals surface area (Å²) in [4.78, 5) is 0. The molecule has 2 aromatic rings. The standard InChI is InChI=1S/C19H22.2C2H6/c1-15-7-9-17(10-8-15)19-13-11-18(12-14-19)16-5-3-2-4-6-16;2*1-2/h7-14,16H,2-6H2,1H3;2*1-2H3. The van der Waals surface area contributed by atoms with Gasteiger partial charge in [0.1, 0.15) is 0 Å². The number of aryl methyl sites for hydroxylation is 1. The lowest BCUT2D eigenvalue weighted by molar-refractivity contribution is 0.443. The molecular weight excluding hydrogens is 276 g/mol. The van der Waals surface area contributed by atoms with Gasteiger partial charge in [0.25, 0.3) is 0 Å². The molecule has 0 radical (unpaired) electrons. The summed E-state index contributed by atoms with van der Waals surface area (Å²) >= 11 is 0. The maximum absolute atomic E-state index is 2.34. The van der Waals surface area contributed by atoms with Crippen molar-refractivity contribution in [3.63, 3.8) is 0 Å². The van der Waals surface area contributed by atoms with Crippen LogP contribution in [0.5, 0.6) is 0 Å². The van der Waals surface area contributed by atoms with E-state index in [0.29, 0.717) is 0 Å². The summed E-state index contributed by atoms with van der Waals surface area (Å²) in [6, 6.07) is 18.0. The molecule has 3 rings (SSSR count). The molecule has 23 heavy (non-hydrogen) atoms. The van der Waals surface area contributed by atoms with E-state index >= 15 is 0 Å². The molecule has 1 saturated carbocycles. The highest BCUT2D eigenvalue weighted by Gasteiger charge is 2.15. The first kappa shape index (κ1) is 19.5. The third kappa shape index (κ3) is 5.86. The molecule has 1 aliphatic carbocycles. The average Bonchev–Trinajstić information content (AvgIpc) is 2.67. The van der Waals surface area contributed by atoms with Gasteiger partial charge in [-0.15, -0.1) is 0 Å². The van der Waals surface area contributed by atoms with E-state index in [1.54, 1.807) is 0 Å². The maximum atomic E-state index is 2.34. The van der Waals surface area contributed by atoms with Crippen molar-refractivity contribution in [3.8, 4) is 11.1 Å². The Bertz CT molecular complexity index is 513. The van der Waals surface area contributed by atoms with E-state index < -0.39 is 0 Å². The highest BCUT2D eigenvalue weighted by atomic mass is 14.2. The van der Waals surface area contributed by atoms with E-state index in [0.717, 1.165) is 5.92 Å². The Morgan fingerprint density at radius 3 is 1.52 bits per heavy atom. The molecule has 0 saturated heterocycles. The zero-order valence-corrected chi connectivity index (χ0v) is 15.7. The fourth-order valence-corrected chi connectivity index (χ4v) is 3.13. The summed E-state index contributed by atoms with van der Waals surface area (Å²) in [5.41, 5.74) is 5.51. The van der Waals surface area contributed by atoms with Gasteiger partial charge in [-0.1, -0.05) is 101 Å². The molecule has 1 aliphatic rings. The monoisotopic (exact) mass is 310 g/mol. The van der Waals surface area contributed by atoms with Crippen molar-refractivity contribution in [3.05, 3.63) is 59.7 Å². The van der Waals surface area contributed by atoms with Gasteiger partial charge in [-0.2, -0.15) is 0 Å². The average molecular weight is 311 g/mol. The third-order valence-corrected chi connectivity index (χ3v) is 4.37. The van der Waals surface area contributed by atoms with E-state index in [2.05, 4.69) is 55.5 Å². The first-order chi connectivity index (χ1) is 11.3. The Morgan fingerprint density at radius 1 is 0.609 bits per heavy atom. The summed E-state index contributed by atoms with van der Waals surface area (Å²) in [6.45, 7) is 10.1. The molecule has 0 aliphatic heterocycles. The van der Waals surface area contributed by atoms with Gasteiger partial charge in [0.15, 0.2) is 0 Å². The SMILES string of the molecule is CC.CC.Cc1ccc(-c2ccc(C3CCCCC3)cc2)cc1. The highest BCUT2D eigenvalue weighted by Crippen LogP contribution is 2.33. The molecule has 0 spiro atoms. The summed E-state index contributed by atoms with van der Waals surface area (Å²) in [5.74, 6) is 0.806. The summed E-state index contributed by atoms with van der Waals surface area (Å²) in [7, 11) is 0. The Hall–Kier alpha value is -1.56. The molecular formula is C23H34. The molecule has 0 heteroatoms. The predicted molar refractivity (Wildman–Crippen MR) is 105 cm³/mol. The molecule has 126 valence electrons. The second kappa shape index (κ2) is 11.0.